The zero-order valence-corrected chi connectivity index (χ0v) is 11.4. The van der Waals surface area contributed by atoms with Gasteiger partial charge in [0.25, 0.3) is 0 Å². The molecule has 0 N–H and O–H groups in total. The summed E-state index contributed by atoms with van der Waals surface area (Å²) in [4.78, 5) is 1.53. The zero-order chi connectivity index (χ0) is 12.1. The van der Waals surface area contributed by atoms with E-state index in [-0.39, 0.29) is 0 Å². The molecule has 0 spiro atoms. The number of rotatable bonds is 5. The van der Waals surface area contributed by atoms with E-state index in [9.17, 15) is 0 Å². The van der Waals surface area contributed by atoms with Gasteiger partial charge in [0.05, 0.1) is 0 Å². The summed E-state index contributed by atoms with van der Waals surface area (Å²) in [6.07, 6.45) is 2.41. The van der Waals surface area contributed by atoms with Gasteiger partial charge in [0.15, 0.2) is 0 Å². The van der Waals surface area contributed by atoms with Crippen LogP contribution in [0.3, 0.4) is 0 Å². The van der Waals surface area contributed by atoms with Crippen molar-refractivity contribution in [1.82, 2.24) is 0 Å². The molecule has 1 aromatic carbocycles. The highest BCUT2D eigenvalue weighted by molar-refractivity contribution is 7.10. The van der Waals surface area contributed by atoms with Crippen LogP contribution in [0.5, 0.6) is 0 Å². The van der Waals surface area contributed by atoms with Gasteiger partial charge in [-0.1, -0.05) is 56.7 Å². The first-order valence-electron chi connectivity index (χ1n) is 6.38. The monoisotopic (exact) mass is 244 g/mol. The van der Waals surface area contributed by atoms with Gasteiger partial charge in [0.2, 0.25) is 0 Å². The lowest BCUT2D eigenvalue weighted by Crippen LogP contribution is -2.10. The van der Waals surface area contributed by atoms with Crippen LogP contribution in [0.1, 0.15) is 36.6 Å². The average Bonchev–Trinajstić information content (AvgIpc) is 2.90. The summed E-state index contributed by atoms with van der Waals surface area (Å²) in [5.74, 6) is 1.41. The molecule has 0 nitrogen and oxygen atoms in total. The van der Waals surface area contributed by atoms with E-state index in [4.69, 9.17) is 0 Å². The fourth-order valence-corrected chi connectivity index (χ4v) is 3.20. The van der Waals surface area contributed by atoms with Crippen LogP contribution in [0.25, 0.3) is 0 Å². The third-order valence-corrected chi connectivity index (χ3v) is 4.54. The second-order valence-electron chi connectivity index (χ2n) is 4.70. The molecule has 17 heavy (non-hydrogen) atoms. The third kappa shape index (κ3) is 3.19. The Balaban J connectivity index is 2.17. The van der Waals surface area contributed by atoms with E-state index in [1.807, 2.05) is 11.3 Å². The molecule has 2 rings (SSSR count). The predicted molar refractivity (Wildman–Crippen MR) is 76.7 cm³/mol. The lowest BCUT2D eigenvalue weighted by Gasteiger charge is -2.22. The maximum Gasteiger partial charge on any atom is 0.00821 e. The Morgan fingerprint density at radius 2 is 1.82 bits per heavy atom. The van der Waals surface area contributed by atoms with Gasteiger partial charge in [0, 0.05) is 4.88 Å². The molecule has 0 radical (unpaired) electrons. The maximum absolute atomic E-state index is 2.37. The molecule has 0 amide bonds. The van der Waals surface area contributed by atoms with Gasteiger partial charge >= 0.3 is 0 Å². The first-order valence-corrected chi connectivity index (χ1v) is 7.26. The van der Waals surface area contributed by atoms with Gasteiger partial charge < -0.3 is 0 Å². The van der Waals surface area contributed by atoms with Crippen molar-refractivity contribution in [2.75, 3.05) is 0 Å². The lowest BCUT2D eigenvalue weighted by molar-refractivity contribution is 0.448. The Morgan fingerprint density at radius 3 is 2.41 bits per heavy atom. The number of benzene rings is 1. The van der Waals surface area contributed by atoms with Gasteiger partial charge in [-0.05, 0) is 35.3 Å². The van der Waals surface area contributed by atoms with Crippen molar-refractivity contribution in [1.29, 1.82) is 0 Å². The minimum atomic E-state index is 0.669. The van der Waals surface area contributed by atoms with Crippen molar-refractivity contribution in [3.05, 3.63) is 58.3 Å². The van der Waals surface area contributed by atoms with Crippen LogP contribution in [-0.4, -0.2) is 0 Å². The molecule has 0 aliphatic rings. The Bertz CT molecular complexity index is 416. The summed E-state index contributed by atoms with van der Waals surface area (Å²) in [5.41, 5.74) is 1.45. The molecule has 0 aliphatic carbocycles. The molecule has 0 bridgehead atoms. The Kier molecular flexibility index (Phi) is 4.38. The fraction of sp³-hybridized carbons (Fsp3) is 0.375. The molecule has 2 aromatic rings. The van der Waals surface area contributed by atoms with E-state index >= 15 is 0 Å². The third-order valence-electron chi connectivity index (χ3n) is 3.54. The number of thiophene rings is 1. The first-order chi connectivity index (χ1) is 8.31. The molecular weight excluding hydrogens is 224 g/mol. The summed E-state index contributed by atoms with van der Waals surface area (Å²) >= 11 is 1.89. The molecule has 1 aromatic heterocycles. The summed E-state index contributed by atoms with van der Waals surface area (Å²) in [5, 5.41) is 2.19. The van der Waals surface area contributed by atoms with E-state index < -0.39 is 0 Å². The van der Waals surface area contributed by atoms with E-state index in [0.29, 0.717) is 5.92 Å². The molecular formula is C16H20S. The normalized spacial score (nSPS) is 14.5. The largest absolute Gasteiger partial charge is 0.149 e. The fourth-order valence-electron chi connectivity index (χ4n) is 2.24. The highest BCUT2D eigenvalue weighted by Gasteiger charge is 2.19. The van der Waals surface area contributed by atoms with E-state index in [2.05, 4.69) is 61.7 Å². The minimum absolute atomic E-state index is 0.669. The second kappa shape index (κ2) is 6.02. The van der Waals surface area contributed by atoms with Crippen molar-refractivity contribution in [2.24, 2.45) is 5.92 Å². The van der Waals surface area contributed by atoms with E-state index in [1.165, 1.54) is 16.9 Å². The van der Waals surface area contributed by atoms with Crippen LogP contribution in [0.15, 0.2) is 47.8 Å². The van der Waals surface area contributed by atoms with Gasteiger partial charge in [-0.25, -0.2) is 0 Å². The molecule has 90 valence electrons. The van der Waals surface area contributed by atoms with Gasteiger partial charge in [0.1, 0.15) is 0 Å². The van der Waals surface area contributed by atoms with Crippen LogP contribution < -0.4 is 0 Å². The smallest absolute Gasteiger partial charge is 0.00821 e. The van der Waals surface area contributed by atoms with Crippen LogP contribution in [-0.2, 0) is 6.42 Å². The molecule has 0 saturated carbocycles. The second-order valence-corrected chi connectivity index (χ2v) is 5.68. The van der Waals surface area contributed by atoms with E-state index in [0.717, 1.165) is 12.3 Å². The van der Waals surface area contributed by atoms with Crippen molar-refractivity contribution >= 4 is 11.3 Å². The Labute approximate surface area is 108 Å². The maximum atomic E-state index is 2.37. The average molecular weight is 244 g/mol. The molecule has 0 aliphatic heterocycles. The summed E-state index contributed by atoms with van der Waals surface area (Å²) < 4.78 is 0. The van der Waals surface area contributed by atoms with Gasteiger partial charge in [-0.2, -0.15) is 0 Å². The van der Waals surface area contributed by atoms with Crippen LogP contribution >= 0.6 is 11.3 Å². The molecule has 0 fully saturated rings. The molecule has 2 atom stereocenters. The van der Waals surface area contributed by atoms with Crippen molar-refractivity contribution < 1.29 is 0 Å². The summed E-state index contributed by atoms with van der Waals surface area (Å²) in [6.45, 7) is 4.66. The molecule has 2 unspecified atom stereocenters. The van der Waals surface area contributed by atoms with Crippen molar-refractivity contribution in [2.45, 2.75) is 32.6 Å². The molecule has 1 heterocycles. The molecule has 1 heteroatoms. The first kappa shape index (κ1) is 12.4. The molecule has 0 saturated heterocycles. The van der Waals surface area contributed by atoms with Crippen molar-refractivity contribution in [3.8, 4) is 0 Å². The van der Waals surface area contributed by atoms with Crippen LogP contribution in [0.4, 0.5) is 0 Å². The highest BCUT2D eigenvalue weighted by atomic mass is 32.1. The van der Waals surface area contributed by atoms with Crippen LogP contribution in [0.2, 0.25) is 0 Å². The number of hydrogen-bond donors (Lipinski definition) is 0. The lowest BCUT2D eigenvalue weighted by atomic mass is 9.85. The summed E-state index contributed by atoms with van der Waals surface area (Å²) in [7, 11) is 0. The Morgan fingerprint density at radius 1 is 1.06 bits per heavy atom. The van der Waals surface area contributed by atoms with Gasteiger partial charge in [-0.15, -0.1) is 11.3 Å². The standard InChI is InChI=1S/C16H20S/c1-3-13(2)15(16-10-7-11-17-16)12-14-8-5-4-6-9-14/h4-11,13,15H,3,12H2,1-2H3. The number of hydrogen-bond acceptors (Lipinski definition) is 1. The van der Waals surface area contributed by atoms with E-state index in [1.54, 1.807) is 0 Å². The van der Waals surface area contributed by atoms with Crippen molar-refractivity contribution in [3.63, 3.8) is 0 Å². The summed E-state index contributed by atoms with van der Waals surface area (Å²) in [6, 6.07) is 15.3. The zero-order valence-electron chi connectivity index (χ0n) is 10.6. The minimum Gasteiger partial charge on any atom is -0.149 e. The Hall–Kier alpha value is -1.08. The highest BCUT2D eigenvalue weighted by Crippen LogP contribution is 2.33. The van der Waals surface area contributed by atoms with Gasteiger partial charge in [-0.3, -0.25) is 0 Å². The predicted octanol–water partition coefficient (Wildman–Crippen LogP) is 5.12. The van der Waals surface area contributed by atoms with Crippen LogP contribution in [0, 0.1) is 5.92 Å². The SMILES string of the molecule is CCC(C)C(Cc1ccccc1)c1cccs1. The quantitative estimate of drug-likeness (QED) is 0.684. The topological polar surface area (TPSA) is 0 Å².